The molecule has 0 aromatic heterocycles. The van der Waals surface area contributed by atoms with Crippen LogP contribution in [-0.4, -0.2) is 23.4 Å². The van der Waals surface area contributed by atoms with Crippen LogP contribution in [0.1, 0.15) is 42.5 Å². The van der Waals surface area contributed by atoms with E-state index in [4.69, 9.17) is 0 Å². The van der Waals surface area contributed by atoms with Gasteiger partial charge in [0.2, 0.25) is 5.91 Å². The van der Waals surface area contributed by atoms with Gasteiger partial charge in [-0.15, -0.1) is 0 Å². The molecule has 1 aliphatic heterocycles. The van der Waals surface area contributed by atoms with Crippen molar-refractivity contribution in [3.8, 4) is 0 Å². The number of carbonyl (C=O) groups is 2. The molecule has 5 nitrogen and oxygen atoms in total. The third-order valence-electron chi connectivity index (χ3n) is 4.81. The monoisotopic (exact) mass is 369 g/mol. The average molecular weight is 369 g/mol. The minimum absolute atomic E-state index is 0.175. The van der Waals surface area contributed by atoms with Gasteiger partial charge < -0.3 is 15.5 Å². The van der Waals surface area contributed by atoms with E-state index in [1.165, 1.54) is 6.07 Å². The molecule has 0 radical (unpaired) electrons. The maximum atomic E-state index is 13.8. The number of benzene rings is 2. The Morgan fingerprint density at radius 1 is 1.15 bits per heavy atom. The fourth-order valence-corrected chi connectivity index (χ4v) is 3.29. The molecule has 6 heteroatoms. The van der Waals surface area contributed by atoms with Crippen molar-refractivity contribution in [2.75, 3.05) is 6.54 Å². The zero-order chi connectivity index (χ0) is 19.2. The number of nitrogens with one attached hydrogen (secondary N) is 2. The second-order valence-electron chi connectivity index (χ2n) is 6.76. The van der Waals surface area contributed by atoms with Gasteiger partial charge >= 0.3 is 6.03 Å². The molecule has 27 heavy (non-hydrogen) atoms. The van der Waals surface area contributed by atoms with Gasteiger partial charge in [-0.3, -0.25) is 4.79 Å². The highest BCUT2D eigenvalue weighted by Gasteiger charge is 2.21. The molecule has 0 bridgehead atoms. The van der Waals surface area contributed by atoms with E-state index in [2.05, 4.69) is 10.6 Å². The normalized spacial score (nSPS) is 14.9. The molecule has 3 amide bonds. The van der Waals surface area contributed by atoms with Crippen LogP contribution < -0.4 is 10.6 Å². The van der Waals surface area contributed by atoms with Gasteiger partial charge in [0, 0.05) is 31.6 Å². The molecule has 1 saturated heterocycles. The molecule has 2 aromatic rings. The summed E-state index contributed by atoms with van der Waals surface area (Å²) in [6.07, 6.45) is 1.51. The van der Waals surface area contributed by atoms with E-state index in [-0.39, 0.29) is 17.8 Å². The van der Waals surface area contributed by atoms with Crippen LogP contribution in [0.15, 0.2) is 48.5 Å². The first-order chi connectivity index (χ1) is 13.0. The molecule has 0 spiro atoms. The van der Waals surface area contributed by atoms with Crippen molar-refractivity contribution in [3.05, 3.63) is 71.0 Å². The lowest BCUT2D eigenvalue weighted by Gasteiger charge is -2.19. The minimum Gasteiger partial charge on any atom is -0.338 e. The SMILES string of the molecule is CC(NC(=O)NCc1ccccc1CN1CCCC1=O)c1ccccc1F. The molecule has 142 valence electrons. The van der Waals surface area contributed by atoms with E-state index in [1.807, 2.05) is 29.2 Å². The highest BCUT2D eigenvalue weighted by molar-refractivity contribution is 5.78. The van der Waals surface area contributed by atoms with Crippen molar-refractivity contribution in [2.24, 2.45) is 0 Å². The summed E-state index contributed by atoms with van der Waals surface area (Å²) in [5.41, 5.74) is 2.43. The predicted octanol–water partition coefficient (Wildman–Crippen LogP) is 3.51. The lowest BCUT2D eigenvalue weighted by Crippen LogP contribution is -2.37. The van der Waals surface area contributed by atoms with Crippen LogP contribution in [0.4, 0.5) is 9.18 Å². The second kappa shape index (κ2) is 8.66. The first-order valence-corrected chi connectivity index (χ1v) is 9.18. The fraction of sp³-hybridized carbons (Fsp3) is 0.333. The van der Waals surface area contributed by atoms with E-state index in [0.29, 0.717) is 25.1 Å². The maximum Gasteiger partial charge on any atom is 0.315 e. The van der Waals surface area contributed by atoms with Gasteiger partial charge in [-0.2, -0.15) is 0 Å². The fourth-order valence-electron chi connectivity index (χ4n) is 3.29. The summed E-state index contributed by atoms with van der Waals surface area (Å²) in [6.45, 7) is 3.42. The van der Waals surface area contributed by atoms with E-state index >= 15 is 0 Å². The quantitative estimate of drug-likeness (QED) is 0.819. The Kier molecular flexibility index (Phi) is 6.06. The van der Waals surface area contributed by atoms with Crippen LogP contribution in [-0.2, 0) is 17.9 Å². The van der Waals surface area contributed by atoms with Gasteiger partial charge in [-0.05, 0) is 30.5 Å². The van der Waals surface area contributed by atoms with Crippen molar-refractivity contribution in [2.45, 2.75) is 38.9 Å². The summed E-state index contributed by atoms with van der Waals surface area (Å²) in [6, 6.07) is 13.3. The number of hydrogen-bond acceptors (Lipinski definition) is 2. The van der Waals surface area contributed by atoms with Crippen molar-refractivity contribution in [1.82, 2.24) is 15.5 Å². The highest BCUT2D eigenvalue weighted by Crippen LogP contribution is 2.18. The van der Waals surface area contributed by atoms with E-state index in [9.17, 15) is 14.0 Å². The highest BCUT2D eigenvalue weighted by atomic mass is 19.1. The van der Waals surface area contributed by atoms with Crippen LogP contribution >= 0.6 is 0 Å². The molecule has 0 aliphatic carbocycles. The number of likely N-dealkylation sites (tertiary alicyclic amines) is 1. The number of amides is 3. The molecule has 1 aliphatic rings. The Morgan fingerprint density at radius 3 is 2.56 bits per heavy atom. The molecular formula is C21H24FN3O2. The van der Waals surface area contributed by atoms with Crippen LogP contribution in [0.25, 0.3) is 0 Å². The standard InChI is InChI=1S/C21H24FN3O2/c1-15(18-9-4-5-10-19(18)22)24-21(27)23-13-16-7-2-3-8-17(16)14-25-12-6-11-20(25)26/h2-5,7-10,15H,6,11-14H2,1H3,(H2,23,24,27). The summed E-state index contributed by atoms with van der Waals surface area (Å²) in [5.74, 6) is -0.167. The zero-order valence-electron chi connectivity index (χ0n) is 15.4. The summed E-state index contributed by atoms with van der Waals surface area (Å²) in [7, 11) is 0. The van der Waals surface area contributed by atoms with Crippen LogP contribution in [0, 0.1) is 5.82 Å². The first kappa shape index (κ1) is 18.9. The molecule has 2 N–H and O–H groups in total. The number of hydrogen-bond donors (Lipinski definition) is 2. The second-order valence-corrected chi connectivity index (χ2v) is 6.76. The molecule has 1 unspecified atom stereocenters. The lowest BCUT2D eigenvalue weighted by atomic mass is 10.1. The minimum atomic E-state index is -0.441. The molecule has 2 aromatic carbocycles. The van der Waals surface area contributed by atoms with Gasteiger partial charge in [0.25, 0.3) is 0 Å². The molecule has 1 heterocycles. The summed E-state index contributed by atoms with van der Waals surface area (Å²) >= 11 is 0. The lowest BCUT2D eigenvalue weighted by molar-refractivity contribution is -0.128. The molecule has 0 saturated carbocycles. The van der Waals surface area contributed by atoms with Gasteiger partial charge in [-0.25, -0.2) is 9.18 Å². The van der Waals surface area contributed by atoms with Crippen molar-refractivity contribution in [3.63, 3.8) is 0 Å². The Hall–Kier alpha value is -2.89. The molecule has 3 rings (SSSR count). The van der Waals surface area contributed by atoms with E-state index in [0.717, 1.165) is 24.1 Å². The third-order valence-corrected chi connectivity index (χ3v) is 4.81. The van der Waals surface area contributed by atoms with Crippen molar-refractivity contribution < 1.29 is 14.0 Å². The van der Waals surface area contributed by atoms with Gasteiger partial charge in [0.05, 0.1) is 6.04 Å². The number of urea groups is 1. The van der Waals surface area contributed by atoms with Crippen LogP contribution in [0.2, 0.25) is 0 Å². The van der Waals surface area contributed by atoms with Crippen molar-refractivity contribution in [1.29, 1.82) is 0 Å². The molecular weight excluding hydrogens is 345 g/mol. The van der Waals surface area contributed by atoms with E-state index in [1.54, 1.807) is 25.1 Å². The average Bonchev–Trinajstić information content (AvgIpc) is 3.06. The first-order valence-electron chi connectivity index (χ1n) is 9.18. The summed E-state index contributed by atoms with van der Waals surface area (Å²) in [4.78, 5) is 25.9. The smallest absolute Gasteiger partial charge is 0.315 e. The number of halogens is 1. The van der Waals surface area contributed by atoms with Crippen LogP contribution in [0.3, 0.4) is 0 Å². The topological polar surface area (TPSA) is 61.4 Å². The zero-order valence-corrected chi connectivity index (χ0v) is 15.4. The molecule has 1 atom stereocenters. The predicted molar refractivity (Wildman–Crippen MR) is 101 cm³/mol. The Labute approximate surface area is 158 Å². The number of nitrogens with zero attached hydrogens (tertiary/aromatic N) is 1. The molecule has 1 fully saturated rings. The summed E-state index contributed by atoms with van der Waals surface area (Å²) < 4.78 is 13.8. The van der Waals surface area contributed by atoms with Gasteiger partial charge in [0.1, 0.15) is 5.82 Å². The largest absolute Gasteiger partial charge is 0.338 e. The maximum absolute atomic E-state index is 13.8. The number of carbonyl (C=O) groups excluding carboxylic acids is 2. The Bertz CT molecular complexity index is 825. The van der Waals surface area contributed by atoms with Crippen molar-refractivity contribution >= 4 is 11.9 Å². The van der Waals surface area contributed by atoms with Gasteiger partial charge in [-0.1, -0.05) is 42.5 Å². The Balaban J connectivity index is 1.57. The third kappa shape index (κ3) is 4.84. The summed E-state index contributed by atoms with van der Waals surface area (Å²) in [5, 5.41) is 5.57. The van der Waals surface area contributed by atoms with Gasteiger partial charge in [0.15, 0.2) is 0 Å². The van der Waals surface area contributed by atoms with E-state index < -0.39 is 6.04 Å². The van der Waals surface area contributed by atoms with Crippen LogP contribution in [0.5, 0.6) is 0 Å². The number of rotatable bonds is 6. The Morgan fingerprint density at radius 2 is 1.85 bits per heavy atom.